The maximum absolute atomic E-state index is 13.2. The van der Waals surface area contributed by atoms with Gasteiger partial charge in [0.25, 0.3) is 0 Å². The maximum Gasteiger partial charge on any atom is 0.161 e. The highest BCUT2D eigenvalue weighted by Gasteiger charge is 2.33. The summed E-state index contributed by atoms with van der Waals surface area (Å²) in [5.74, 6) is 0.567. The number of sulfone groups is 1. The minimum absolute atomic E-state index is 0.0305. The fourth-order valence-electron chi connectivity index (χ4n) is 3.62. The highest BCUT2D eigenvalue weighted by Crippen LogP contribution is 2.28. The molecule has 1 heterocycles. The van der Waals surface area contributed by atoms with Crippen molar-refractivity contribution in [2.75, 3.05) is 31.8 Å². The number of aliphatic hydroxyl groups is 1. The predicted octanol–water partition coefficient (Wildman–Crippen LogP) is 2.08. The zero-order valence-corrected chi connectivity index (χ0v) is 18.1. The van der Waals surface area contributed by atoms with Gasteiger partial charge in [-0.1, -0.05) is 12.1 Å². The van der Waals surface area contributed by atoms with Gasteiger partial charge in [-0.15, -0.1) is 0 Å². The van der Waals surface area contributed by atoms with E-state index in [2.05, 4.69) is 0 Å². The molecule has 1 aliphatic heterocycles. The molecule has 3 rings (SSSR count). The molecule has 0 aliphatic carbocycles. The summed E-state index contributed by atoms with van der Waals surface area (Å²) in [6, 6.07) is 10.5. The smallest absolute Gasteiger partial charge is 0.161 e. The Morgan fingerprint density at radius 1 is 1.23 bits per heavy atom. The molecular weight excluding hydrogens is 425 g/mol. The number of ether oxygens (including phenoxy) is 2. The second-order valence-corrected chi connectivity index (χ2v) is 9.83. The van der Waals surface area contributed by atoms with Gasteiger partial charge in [-0.25, -0.2) is 12.8 Å². The largest absolute Gasteiger partial charge is 0.493 e. The molecule has 1 aliphatic rings. The Hall–Kier alpha value is -2.49. The van der Waals surface area contributed by atoms with Crippen LogP contribution in [0.2, 0.25) is 0 Å². The molecule has 31 heavy (non-hydrogen) atoms. The van der Waals surface area contributed by atoms with E-state index in [1.165, 1.54) is 19.2 Å². The van der Waals surface area contributed by atoms with E-state index in [0.717, 1.165) is 5.56 Å². The first kappa shape index (κ1) is 23.2. The van der Waals surface area contributed by atoms with Crippen molar-refractivity contribution >= 4 is 16.1 Å². The third-order valence-corrected chi connectivity index (χ3v) is 6.97. The lowest BCUT2D eigenvalue weighted by atomic mass is 10.1. The zero-order chi connectivity index (χ0) is 22.4. The lowest BCUT2D eigenvalue weighted by molar-refractivity contribution is 0.0517. The summed E-state index contributed by atoms with van der Waals surface area (Å²) in [5, 5.41) is 10.6. The number of carbonyl (C=O) groups excluding carboxylic acids is 1. The summed E-state index contributed by atoms with van der Waals surface area (Å²) < 4.78 is 48.0. The number of rotatable bonds is 10. The summed E-state index contributed by atoms with van der Waals surface area (Å²) in [7, 11) is -1.65. The molecule has 7 nitrogen and oxygen atoms in total. The Morgan fingerprint density at radius 2 is 1.97 bits per heavy atom. The van der Waals surface area contributed by atoms with Crippen molar-refractivity contribution in [3.05, 3.63) is 59.4 Å². The second-order valence-electron chi connectivity index (χ2n) is 7.61. The summed E-state index contributed by atoms with van der Waals surface area (Å²) in [6.45, 7) is 0.525. The Kier molecular flexibility index (Phi) is 7.64. The van der Waals surface area contributed by atoms with Crippen LogP contribution in [0.5, 0.6) is 11.5 Å². The molecule has 9 heteroatoms. The molecule has 1 saturated heterocycles. The lowest BCUT2D eigenvalue weighted by Gasteiger charge is -2.30. The van der Waals surface area contributed by atoms with Crippen LogP contribution in [0.15, 0.2) is 42.5 Å². The third kappa shape index (κ3) is 6.49. The Morgan fingerprint density at radius 3 is 2.58 bits per heavy atom. The molecule has 2 aromatic rings. The van der Waals surface area contributed by atoms with Crippen LogP contribution >= 0.6 is 0 Å². The number of aldehydes is 1. The van der Waals surface area contributed by atoms with E-state index in [0.29, 0.717) is 36.3 Å². The minimum Gasteiger partial charge on any atom is -0.493 e. The molecule has 0 radical (unpaired) electrons. The number of hydrogen-bond donors (Lipinski definition) is 1. The van der Waals surface area contributed by atoms with Gasteiger partial charge in [0.2, 0.25) is 0 Å². The van der Waals surface area contributed by atoms with Gasteiger partial charge in [0.15, 0.2) is 21.3 Å². The highest BCUT2D eigenvalue weighted by atomic mass is 32.2. The number of halogens is 1. The number of benzene rings is 2. The Bertz CT molecular complexity index is 996. The molecule has 1 fully saturated rings. The topological polar surface area (TPSA) is 93.1 Å². The van der Waals surface area contributed by atoms with Crippen molar-refractivity contribution in [3.8, 4) is 11.5 Å². The fourth-order valence-corrected chi connectivity index (χ4v) is 5.38. The lowest BCUT2D eigenvalue weighted by Crippen LogP contribution is -2.42. The molecule has 0 spiro atoms. The van der Waals surface area contributed by atoms with Crippen LogP contribution in [-0.4, -0.2) is 68.6 Å². The van der Waals surface area contributed by atoms with Crippen molar-refractivity contribution in [1.82, 2.24) is 4.90 Å². The summed E-state index contributed by atoms with van der Waals surface area (Å²) in [4.78, 5) is 12.8. The van der Waals surface area contributed by atoms with Gasteiger partial charge < -0.3 is 14.6 Å². The summed E-state index contributed by atoms with van der Waals surface area (Å²) in [6.07, 6.45) is 0.279. The van der Waals surface area contributed by atoms with Crippen molar-refractivity contribution in [3.63, 3.8) is 0 Å². The van der Waals surface area contributed by atoms with E-state index in [1.54, 1.807) is 30.3 Å². The Labute approximate surface area is 181 Å². The van der Waals surface area contributed by atoms with Gasteiger partial charge in [-0.05, 0) is 42.3 Å². The third-order valence-electron chi connectivity index (χ3n) is 5.22. The van der Waals surface area contributed by atoms with E-state index in [9.17, 15) is 22.7 Å². The van der Waals surface area contributed by atoms with Crippen LogP contribution < -0.4 is 9.47 Å². The summed E-state index contributed by atoms with van der Waals surface area (Å²) in [5.41, 5.74) is 1.27. The van der Waals surface area contributed by atoms with Crippen LogP contribution in [0.1, 0.15) is 22.3 Å². The average molecular weight is 452 g/mol. The number of hydrogen-bond acceptors (Lipinski definition) is 7. The first-order chi connectivity index (χ1) is 14.8. The maximum atomic E-state index is 13.2. The van der Waals surface area contributed by atoms with Gasteiger partial charge >= 0.3 is 0 Å². The quantitative estimate of drug-likeness (QED) is 0.553. The van der Waals surface area contributed by atoms with Crippen molar-refractivity contribution in [1.29, 1.82) is 0 Å². The zero-order valence-electron chi connectivity index (χ0n) is 17.2. The Balaban J connectivity index is 1.67. The molecule has 1 N–H and O–H groups in total. The van der Waals surface area contributed by atoms with E-state index in [4.69, 9.17) is 9.47 Å². The van der Waals surface area contributed by atoms with E-state index in [-0.39, 0.29) is 36.5 Å². The van der Waals surface area contributed by atoms with Gasteiger partial charge in [0.1, 0.15) is 24.8 Å². The molecule has 2 aromatic carbocycles. The van der Waals surface area contributed by atoms with Crippen LogP contribution in [0.25, 0.3) is 0 Å². The van der Waals surface area contributed by atoms with Crippen LogP contribution in [0.3, 0.4) is 0 Å². The first-order valence-electron chi connectivity index (χ1n) is 9.92. The van der Waals surface area contributed by atoms with Gasteiger partial charge in [0.05, 0.1) is 18.6 Å². The monoisotopic (exact) mass is 451 g/mol. The molecule has 0 amide bonds. The van der Waals surface area contributed by atoms with E-state index in [1.807, 2.05) is 4.90 Å². The van der Waals surface area contributed by atoms with Crippen LogP contribution in [-0.2, 0) is 16.4 Å². The molecular formula is C22H26FNO6S. The van der Waals surface area contributed by atoms with E-state index >= 15 is 0 Å². The molecule has 2 unspecified atom stereocenters. The fraction of sp³-hybridized carbons (Fsp3) is 0.409. The van der Waals surface area contributed by atoms with Gasteiger partial charge in [0, 0.05) is 24.7 Å². The number of carbonyl (C=O) groups is 1. The molecule has 168 valence electrons. The van der Waals surface area contributed by atoms with Crippen molar-refractivity contribution < 1.29 is 32.2 Å². The normalized spacial score (nSPS) is 18.6. The van der Waals surface area contributed by atoms with Crippen molar-refractivity contribution in [2.24, 2.45) is 0 Å². The first-order valence-corrected chi connectivity index (χ1v) is 11.7. The number of methoxy groups -OCH3 is 1. The molecule has 0 saturated carbocycles. The van der Waals surface area contributed by atoms with Crippen LogP contribution in [0, 0.1) is 5.82 Å². The second kappa shape index (κ2) is 10.2. The van der Waals surface area contributed by atoms with Gasteiger partial charge in [-0.3, -0.25) is 9.69 Å². The predicted molar refractivity (Wildman–Crippen MR) is 114 cm³/mol. The molecule has 2 atom stereocenters. The minimum atomic E-state index is -3.11. The number of nitrogens with zero attached hydrogens (tertiary/aromatic N) is 1. The van der Waals surface area contributed by atoms with E-state index < -0.39 is 15.9 Å². The van der Waals surface area contributed by atoms with Crippen LogP contribution in [0.4, 0.5) is 4.39 Å². The standard InChI is InChI=1S/C22H26FNO6S/c1-29-22-10-17(13-25)4-7-21(22)30-14-20(26)12-24(19-8-9-31(27,28)15-19)11-16-2-5-18(23)6-3-16/h2-7,10,13,19-20,26H,8-9,11-12,14-15H2,1H3. The highest BCUT2D eigenvalue weighted by molar-refractivity contribution is 7.91. The molecule has 0 aromatic heterocycles. The van der Waals surface area contributed by atoms with Crippen molar-refractivity contribution in [2.45, 2.75) is 25.1 Å². The number of aliphatic hydroxyl groups excluding tert-OH is 1. The van der Waals surface area contributed by atoms with Gasteiger partial charge in [-0.2, -0.15) is 0 Å². The average Bonchev–Trinajstić information content (AvgIpc) is 3.12. The SMILES string of the molecule is COc1cc(C=O)ccc1OCC(O)CN(Cc1ccc(F)cc1)C1CCS(=O)(=O)C1. The summed E-state index contributed by atoms with van der Waals surface area (Å²) >= 11 is 0. The molecule has 0 bridgehead atoms.